The summed E-state index contributed by atoms with van der Waals surface area (Å²) in [5.74, 6) is 0. The van der Waals surface area contributed by atoms with Crippen LogP contribution in [0.25, 0.3) is 0 Å². The highest BCUT2D eigenvalue weighted by Gasteiger charge is 2.26. The fourth-order valence-electron chi connectivity index (χ4n) is 2.57. The van der Waals surface area contributed by atoms with Crippen LogP contribution in [-0.2, 0) is 0 Å². The molecule has 1 atom stereocenters. The van der Waals surface area contributed by atoms with Crippen LogP contribution in [0.15, 0.2) is 22.7 Å². The number of nitro groups is 1. The van der Waals surface area contributed by atoms with E-state index in [2.05, 4.69) is 15.9 Å². The lowest BCUT2D eigenvalue weighted by molar-refractivity contribution is -0.384. The fraction of sp³-hybridized carbons (Fsp3) is 0.538. The molecule has 0 aromatic heterocycles. The Bertz CT molecular complexity index is 467. The summed E-state index contributed by atoms with van der Waals surface area (Å²) < 4.78 is 0.693. The van der Waals surface area contributed by atoms with E-state index in [1.54, 1.807) is 6.07 Å². The predicted molar refractivity (Wildman–Crippen MR) is 77.5 cm³/mol. The lowest BCUT2D eigenvalue weighted by atomic mass is 10.1. The third kappa shape index (κ3) is 3.25. The molecular weight excluding hydrogens is 312 g/mol. The minimum absolute atomic E-state index is 0.0256. The van der Waals surface area contributed by atoms with E-state index in [1.165, 1.54) is 6.07 Å². The normalized spacial score (nSPS) is 20.1. The van der Waals surface area contributed by atoms with E-state index >= 15 is 0 Å². The molecule has 1 aromatic rings. The highest BCUT2D eigenvalue weighted by molar-refractivity contribution is 9.10. The number of aliphatic hydroxyl groups is 1. The predicted octanol–water partition coefficient (Wildman–Crippen LogP) is 3.10. The first-order valence-electron chi connectivity index (χ1n) is 6.45. The number of rotatable bonds is 3. The van der Waals surface area contributed by atoms with Crippen molar-refractivity contribution in [2.75, 3.05) is 18.1 Å². The van der Waals surface area contributed by atoms with Crippen molar-refractivity contribution in [2.45, 2.75) is 31.7 Å². The number of benzene rings is 1. The topological polar surface area (TPSA) is 66.6 Å². The smallest absolute Gasteiger partial charge is 0.293 e. The highest BCUT2D eigenvalue weighted by Crippen LogP contribution is 2.34. The standard InChI is InChI=1S/C13H17BrN2O3/c14-10-5-6-12(13(8-10)16(18)19)15-7-3-1-2-4-11(15)9-17/h5-6,8,11,17H,1-4,7,9H2. The zero-order valence-corrected chi connectivity index (χ0v) is 12.2. The number of anilines is 1. The molecule has 0 bridgehead atoms. The van der Waals surface area contributed by atoms with Gasteiger partial charge in [-0.3, -0.25) is 10.1 Å². The quantitative estimate of drug-likeness (QED) is 0.683. The van der Waals surface area contributed by atoms with Crippen LogP contribution in [-0.4, -0.2) is 29.2 Å². The number of halogens is 1. The van der Waals surface area contributed by atoms with Gasteiger partial charge in [-0.1, -0.05) is 28.8 Å². The molecule has 1 aromatic carbocycles. The Morgan fingerprint density at radius 2 is 2.21 bits per heavy atom. The average molecular weight is 329 g/mol. The summed E-state index contributed by atoms with van der Waals surface area (Å²) in [7, 11) is 0. The molecule has 0 amide bonds. The van der Waals surface area contributed by atoms with E-state index in [4.69, 9.17) is 0 Å². The fourth-order valence-corrected chi connectivity index (χ4v) is 2.92. The maximum absolute atomic E-state index is 11.2. The van der Waals surface area contributed by atoms with Crippen molar-refractivity contribution in [2.24, 2.45) is 0 Å². The lowest BCUT2D eigenvalue weighted by Gasteiger charge is -2.30. The monoisotopic (exact) mass is 328 g/mol. The molecule has 1 heterocycles. The zero-order chi connectivity index (χ0) is 13.8. The van der Waals surface area contributed by atoms with E-state index in [1.807, 2.05) is 11.0 Å². The van der Waals surface area contributed by atoms with Crippen LogP contribution in [0, 0.1) is 10.1 Å². The molecule has 2 rings (SSSR count). The average Bonchev–Trinajstić information content (AvgIpc) is 2.63. The second kappa shape index (κ2) is 6.34. The van der Waals surface area contributed by atoms with Gasteiger partial charge in [0.2, 0.25) is 0 Å². The van der Waals surface area contributed by atoms with E-state index < -0.39 is 0 Å². The second-order valence-electron chi connectivity index (χ2n) is 4.77. The van der Waals surface area contributed by atoms with Gasteiger partial charge in [-0.15, -0.1) is 0 Å². The van der Waals surface area contributed by atoms with Gasteiger partial charge in [0.15, 0.2) is 0 Å². The Kier molecular flexibility index (Phi) is 4.76. The van der Waals surface area contributed by atoms with E-state index in [0.29, 0.717) is 10.2 Å². The van der Waals surface area contributed by atoms with Gasteiger partial charge in [0.1, 0.15) is 5.69 Å². The molecule has 0 saturated carbocycles. The van der Waals surface area contributed by atoms with E-state index in [0.717, 1.165) is 32.2 Å². The summed E-state index contributed by atoms with van der Waals surface area (Å²) in [5.41, 5.74) is 0.698. The first kappa shape index (κ1) is 14.3. The number of nitro benzene ring substituents is 1. The van der Waals surface area contributed by atoms with E-state index in [9.17, 15) is 15.2 Å². The maximum Gasteiger partial charge on any atom is 0.293 e. The minimum atomic E-state index is -0.362. The molecule has 1 saturated heterocycles. The zero-order valence-electron chi connectivity index (χ0n) is 10.6. The van der Waals surface area contributed by atoms with Crippen molar-refractivity contribution in [3.8, 4) is 0 Å². The van der Waals surface area contributed by atoms with Crippen LogP contribution in [0.1, 0.15) is 25.7 Å². The van der Waals surface area contributed by atoms with Crippen LogP contribution in [0.3, 0.4) is 0 Å². The van der Waals surface area contributed by atoms with Crippen molar-refractivity contribution >= 4 is 27.3 Å². The molecule has 6 heteroatoms. The van der Waals surface area contributed by atoms with Crippen molar-refractivity contribution in [1.82, 2.24) is 0 Å². The Balaban J connectivity index is 2.40. The number of aliphatic hydroxyl groups excluding tert-OH is 1. The van der Waals surface area contributed by atoms with Crippen molar-refractivity contribution in [3.63, 3.8) is 0 Å². The SMILES string of the molecule is O=[N+]([O-])c1cc(Br)ccc1N1CCCCCC1CO. The molecule has 0 aliphatic carbocycles. The molecule has 1 aliphatic rings. The molecule has 1 fully saturated rings. The third-order valence-corrected chi connectivity index (χ3v) is 4.02. The Hall–Kier alpha value is -1.14. The van der Waals surface area contributed by atoms with Gasteiger partial charge in [0.25, 0.3) is 5.69 Å². The summed E-state index contributed by atoms with van der Waals surface area (Å²) >= 11 is 3.26. The highest BCUT2D eigenvalue weighted by atomic mass is 79.9. The Labute approximate surface area is 120 Å². The summed E-state index contributed by atoms with van der Waals surface area (Å²) in [6.45, 7) is 0.793. The van der Waals surface area contributed by atoms with Gasteiger partial charge < -0.3 is 10.0 Å². The molecule has 1 unspecified atom stereocenters. The number of nitrogens with zero attached hydrogens (tertiary/aromatic N) is 2. The van der Waals surface area contributed by atoms with Crippen LogP contribution in [0.2, 0.25) is 0 Å². The molecule has 1 N–H and O–H groups in total. The molecule has 0 radical (unpaired) electrons. The van der Waals surface area contributed by atoms with Crippen molar-refractivity contribution in [1.29, 1.82) is 0 Å². The molecule has 0 spiro atoms. The summed E-state index contributed by atoms with van der Waals surface area (Å²) in [6.07, 6.45) is 4.05. The van der Waals surface area contributed by atoms with Crippen LogP contribution in [0.4, 0.5) is 11.4 Å². The van der Waals surface area contributed by atoms with Gasteiger partial charge in [0.05, 0.1) is 17.6 Å². The molecule has 5 nitrogen and oxygen atoms in total. The molecule has 104 valence electrons. The largest absolute Gasteiger partial charge is 0.394 e. The van der Waals surface area contributed by atoms with Crippen LogP contribution < -0.4 is 4.90 Å². The van der Waals surface area contributed by atoms with Crippen LogP contribution in [0.5, 0.6) is 0 Å². The van der Waals surface area contributed by atoms with Gasteiger partial charge in [-0.2, -0.15) is 0 Å². The number of hydrogen-bond donors (Lipinski definition) is 1. The first-order chi connectivity index (χ1) is 9.13. The summed E-state index contributed by atoms with van der Waals surface area (Å²) in [6, 6.07) is 5.06. The lowest BCUT2D eigenvalue weighted by Crippen LogP contribution is -2.37. The van der Waals surface area contributed by atoms with Gasteiger partial charge >= 0.3 is 0 Å². The third-order valence-electron chi connectivity index (χ3n) is 3.53. The van der Waals surface area contributed by atoms with E-state index in [-0.39, 0.29) is 23.3 Å². The van der Waals surface area contributed by atoms with Gasteiger partial charge in [-0.05, 0) is 25.0 Å². The first-order valence-corrected chi connectivity index (χ1v) is 7.24. The number of hydrogen-bond acceptors (Lipinski definition) is 4. The van der Waals surface area contributed by atoms with Gasteiger partial charge in [0, 0.05) is 17.1 Å². The second-order valence-corrected chi connectivity index (χ2v) is 5.68. The summed E-state index contributed by atoms with van der Waals surface area (Å²) in [4.78, 5) is 12.8. The van der Waals surface area contributed by atoms with Crippen LogP contribution >= 0.6 is 15.9 Å². The Morgan fingerprint density at radius 1 is 1.42 bits per heavy atom. The van der Waals surface area contributed by atoms with Crippen molar-refractivity contribution in [3.05, 3.63) is 32.8 Å². The van der Waals surface area contributed by atoms with Crippen molar-refractivity contribution < 1.29 is 10.0 Å². The Morgan fingerprint density at radius 3 is 2.89 bits per heavy atom. The maximum atomic E-state index is 11.2. The molecule has 1 aliphatic heterocycles. The molecule has 19 heavy (non-hydrogen) atoms. The molecular formula is C13H17BrN2O3. The van der Waals surface area contributed by atoms with Gasteiger partial charge in [-0.25, -0.2) is 0 Å². The minimum Gasteiger partial charge on any atom is -0.394 e. The summed E-state index contributed by atoms with van der Waals surface area (Å²) in [5, 5.41) is 20.7.